The molecule has 0 saturated heterocycles. The van der Waals surface area contributed by atoms with Crippen LogP contribution in [0.1, 0.15) is 33.0 Å². The molecule has 27 heavy (non-hydrogen) atoms. The first-order chi connectivity index (χ1) is 12.9. The minimum absolute atomic E-state index is 0.249. The molecule has 3 aromatic rings. The first-order valence-electron chi connectivity index (χ1n) is 8.46. The van der Waals surface area contributed by atoms with Gasteiger partial charge in [-0.25, -0.2) is 9.97 Å². The van der Waals surface area contributed by atoms with Crippen molar-refractivity contribution in [1.82, 2.24) is 9.97 Å². The largest absolute Gasteiger partial charge is 0.339 e. The molecule has 2 N–H and O–H groups in total. The standard InChI is InChI=1S/C21H19N5O/c1-13-8-14(2)10-17(9-13)25-21(27)19-11-20(24-15(3)23-19)26-18-7-5-4-6-16(18)12-22/h4-11H,1-3H3,(H,25,27)(H,23,24,26). The minimum atomic E-state index is -0.317. The van der Waals surface area contributed by atoms with Crippen molar-refractivity contribution in [1.29, 1.82) is 5.26 Å². The number of hydrogen-bond acceptors (Lipinski definition) is 5. The normalized spacial score (nSPS) is 10.1. The van der Waals surface area contributed by atoms with Crippen LogP contribution in [-0.2, 0) is 0 Å². The van der Waals surface area contributed by atoms with Crippen LogP contribution in [0.25, 0.3) is 0 Å². The van der Waals surface area contributed by atoms with E-state index >= 15 is 0 Å². The Bertz CT molecular complexity index is 1030. The van der Waals surface area contributed by atoms with Crippen molar-refractivity contribution in [2.45, 2.75) is 20.8 Å². The third-order valence-corrected chi connectivity index (χ3v) is 3.86. The van der Waals surface area contributed by atoms with E-state index in [0.717, 1.165) is 16.8 Å². The number of nitrogens with one attached hydrogen (secondary N) is 2. The molecule has 0 saturated carbocycles. The molecule has 1 amide bonds. The molecule has 0 spiro atoms. The Balaban J connectivity index is 1.86. The van der Waals surface area contributed by atoms with Crippen LogP contribution in [0.3, 0.4) is 0 Å². The summed E-state index contributed by atoms with van der Waals surface area (Å²) in [5.74, 6) is 0.595. The second kappa shape index (κ2) is 7.67. The molecule has 0 unspecified atom stereocenters. The number of hydrogen-bond donors (Lipinski definition) is 2. The molecule has 2 aromatic carbocycles. The van der Waals surface area contributed by atoms with Gasteiger partial charge in [0.1, 0.15) is 23.4 Å². The van der Waals surface area contributed by atoms with E-state index in [0.29, 0.717) is 22.9 Å². The number of carbonyl (C=O) groups is 1. The van der Waals surface area contributed by atoms with Gasteiger partial charge in [-0.05, 0) is 56.2 Å². The fourth-order valence-electron chi connectivity index (χ4n) is 2.82. The van der Waals surface area contributed by atoms with Gasteiger partial charge in [0.15, 0.2) is 0 Å². The topological polar surface area (TPSA) is 90.7 Å². The van der Waals surface area contributed by atoms with Crippen molar-refractivity contribution < 1.29 is 4.79 Å². The van der Waals surface area contributed by atoms with Gasteiger partial charge in [0, 0.05) is 11.8 Å². The molecule has 134 valence electrons. The summed E-state index contributed by atoms with van der Waals surface area (Å²) < 4.78 is 0. The third kappa shape index (κ3) is 4.47. The predicted octanol–water partition coefficient (Wildman–Crippen LogP) is 4.27. The third-order valence-electron chi connectivity index (χ3n) is 3.86. The summed E-state index contributed by atoms with van der Waals surface area (Å²) in [4.78, 5) is 21.2. The number of amides is 1. The van der Waals surface area contributed by atoms with Crippen molar-refractivity contribution in [3.63, 3.8) is 0 Å². The number of carbonyl (C=O) groups excluding carboxylic acids is 1. The molecule has 0 aliphatic carbocycles. The van der Waals surface area contributed by atoms with Crippen molar-refractivity contribution in [2.75, 3.05) is 10.6 Å². The van der Waals surface area contributed by atoms with Gasteiger partial charge in [0.05, 0.1) is 11.3 Å². The molecule has 1 heterocycles. The molecule has 0 aliphatic rings. The Labute approximate surface area is 157 Å². The number of aromatic nitrogens is 2. The Morgan fingerprint density at radius 3 is 2.41 bits per heavy atom. The molecule has 0 bridgehead atoms. The highest BCUT2D eigenvalue weighted by Gasteiger charge is 2.12. The van der Waals surface area contributed by atoms with Crippen molar-refractivity contribution in [3.05, 3.63) is 76.7 Å². The van der Waals surface area contributed by atoms with E-state index in [1.165, 1.54) is 0 Å². The van der Waals surface area contributed by atoms with Crippen LogP contribution in [0.4, 0.5) is 17.2 Å². The molecule has 6 nitrogen and oxygen atoms in total. The van der Waals surface area contributed by atoms with Gasteiger partial charge in [-0.1, -0.05) is 18.2 Å². The Morgan fingerprint density at radius 2 is 1.70 bits per heavy atom. The van der Waals surface area contributed by atoms with Gasteiger partial charge < -0.3 is 10.6 Å². The highest BCUT2D eigenvalue weighted by Crippen LogP contribution is 2.20. The summed E-state index contributed by atoms with van der Waals surface area (Å²) in [5.41, 5.74) is 4.23. The van der Waals surface area contributed by atoms with Crippen LogP contribution >= 0.6 is 0 Å². The molecule has 6 heteroatoms. The molecule has 3 rings (SSSR count). The molecule has 0 fully saturated rings. The van der Waals surface area contributed by atoms with Crippen molar-refractivity contribution in [2.24, 2.45) is 0 Å². The Kier molecular flexibility index (Phi) is 5.13. The fourth-order valence-corrected chi connectivity index (χ4v) is 2.82. The zero-order valence-corrected chi connectivity index (χ0v) is 15.4. The van der Waals surface area contributed by atoms with Gasteiger partial charge in [-0.15, -0.1) is 0 Å². The number of rotatable bonds is 4. The lowest BCUT2D eigenvalue weighted by Gasteiger charge is -2.11. The average Bonchev–Trinajstić information content (AvgIpc) is 2.60. The zero-order chi connectivity index (χ0) is 19.4. The molecule has 0 atom stereocenters. The van der Waals surface area contributed by atoms with Crippen LogP contribution in [-0.4, -0.2) is 15.9 Å². The van der Waals surface area contributed by atoms with E-state index < -0.39 is 0 Å². The maximum Gasteiger partial charge on any atom is 0.274 e. The van der Waals surface area contributed by atoms with E-state index in [-0.39, 0.29) is 11.6 Å². The minimum Gasteiger partial charge on any atom is -0.339 e. The summed E-state index contributed by atoms with van der Waals surface area (Å²) in [7, 11) is 0. The van der Waals surface area contributed by atoms with Crippen LogP contribution in [0.2, 0.25) is 0 Å². The van der Waals surface area contributed by atoms with Crippen LogP contribution < -0.4 is 10.6 Å². The van der Waals surface area contributed by atoms with E-state index in [9.17, 15) is 10.1 Å². The molecular weight excluding hydrogens is 338 g/mol. The van der Waals surface area contributed by atoms with Crippen LogP contribution in [0.15, 0.2) is 48.5 Å². The molecular formula is C21H19N5O. The first-order valence-corrected chi connectivity index (χ1v) is 8.46. The number of para-hydroxylation sites is 1. The van der Waals surface area contributed by atoms with Gasteiger partial charge in [0.2, 0.25) is 0 Å². The van der Waals surface area contributed by atoms with Gasteiger partial charge in [-0.3, -0.25) is 4.79 Å². The molecule has 1 aromatic heterocycles. The van der Waals surface area contributed by atoms with E-state index in [1.807, 2.05) is 38.1 Å². The number of aryl methyl sites for hydroxylation is 3. The first kappa shape index (κ1) is 18.1. The van der Waals surface area contributed by atoms with E-state index in [4.69, 9.17) is 0 Å². The highest BCUT2D eigenvalue weighted by atomic mass is 16.1. The van der Waals surface area contributed by atoms with Gasteiger partial charge >= 0.3 is 0 Å². The fraction of sp³-hybridized carbons (Fsp3) is 0.143. The molecule has 0 radical (unpaired) electrons. The SMILES string of the molecule is Cc1cc(C)cc(NC(=O)c2cc(Nc3ccccc3C#N)nc(C)n2)c1. The number of anilines is 3. The zero-order valence-electron chi connectivity index (χ0n) is 15.4. The van der Waals surface area contributed by atoms with Gasteiger partial charge in [0.25, 0.3) is 5.91 Å². The Morgan fingerprint density at radius 1 is 1.00 bits per heavy atom. The smallest absolute Gasteiger partial charge is 0.274 e. The second-order valence-corrected chi connectivity index (χ2v) is 6.30. The average molecular weight is 357 g/mol. The van der Waals surface area contributed by atoms with Gasteiger partial charge in [-0.2, -0.15) is 5.26 Å². The lowest BCUT2D eigenvalue weighted by molar-refractivity contribution is 0.102. The number of nitriles is 1. The van der Waals surface area contributed by atoms with Crippen molar-refractivity contribution in [3.8, 4) is 6.07 Å². The maximum absolute atomic E-state index is 12.6. The summed E-state index contributed by atoms with van der Waals surface area (Å²) in [6, 6.07) is 16.7. The van der Waals surface area contributed by atoms with E-state index in [2.05, 4.69) is 26.7 Å². The predicted molar refractivity (Wildman–Crippen MR) is 105 cm³/mol. The number of nitrogens with zero attached hydrogens (tertiary/aromatic N) is 3. The summed E-state index contributed by atoms with van der Waals surface area (Å²) in [6.07, 6.45) is 0. The lowest BCUT2D eigenvalue weighted by atomic mass is 10.1. The Hall–Kier alpha value is -3.72. The summed E-state index contributed by atoms with van der Waals surface area (Å²) in [6.45, 7) is 5.67. The number of benzene rings is 2. The lowest BCUT2D eigenvalue weighted by Crippen LogP contribution is -2.15. The maximum atomic E-state index is 12.6. The van der Waals surface area contributed by atoms with Crippen molar-refractivity contribution >= 4 is 23.1 Å². The van der Waals surface area contributed by atoms with Crippen LogP contribution in [0.5, 0.6) is 0 Å². The highest BCUT2D eigenvalue weighted by molar-refractivity contribution is 6.03. The monoisotopic (exact) mass is 357 g/mol. The van der Waals surface area contributed by atoms with E-state index in [1.54, 1.807) is 31.2 Å². The molecule has 0 aliphatic heterocycles. The second-order valence-electron chi connectivity index (χ2n) is 6.30. The quantitative estimate of drug-likeness (QED) is 0.728. The summed E-state index contributed by atoms with van der Waals surface area (Å²) >= 11 is 0. The van der Waals surface area contributed by atoms with Crippen LogP contribution in [0, 0.1) is 32.1 Å². The summed E-state index contributed by atoms with van der Waals surface area (Å²) in [5, 5.41) is 15.2.